The predicted octanol–water partition coefficient (Wildman–Crippen LogP) is 3.51. The summed E-state index contributed by atoms with van der Waals surface area (Å²) >= 11 is 0. The van der Waals surface area contributed by atoms with Crippen molar-refractivity contribution in [3.05, 3.63) is 47.3 Å². The number of benzene rings is 1. The third-order valence-electron chi connectivity index (χ3n) is 5.01. The van der Waals surface area contributed by atoms with Gasteiger partial charge in [-0.1, -0.05) is 6.92 Å². The van der Waals surface area contributed by atoms with Crippen LogP contribution in [0, 0.1) is 0 Å². The van der Waals surface area contributed by atoms with Crippen LogP contribution in [-0.4, -0.2) is 42.6 Å². The number of pyridine rings is 1. The minimum absolute atomic E-state index is 0.0504. The number of anilines is 1. The molecule has 1 atom stereocenters. The van der Waals surface area contributed by atoms with Crippen molar-refractivity contribution in [2.24, 2.45) is 0 Å². The maximum atomic E-state index is 12.9. The number of hydrogen-bond donors (Lipinski definition) is 1. The molecule has 2 heterocycles. The van der Waals surface area contributed by atoms with E-state index in [4.69, 9.17) is 9.47 Å². The molecule has 0 fully saturated rings. The lowest BCUT2D eigenvalue weighted by atomic mass is 9.98. The maximum absolute atomic E-state index is 12.9. The Kier molecular flexibility index (Phi) is 5.84. The van der Waals surface area contributed by atoms with Crippen LogP contribution < -0.4 is 14.8 Å². The van der Waals surface area contributed by atoms with Gasteiger partial charge in [-0.25, -0.2) is 4.98 Å². The van der Waals surface area contributed by atoms with E-state index in [0.717, 1.165) is 29.8 Å². The van der Waals surface area contributed by atoms with Crippen molar-refractivity contribution < 1.29 is 14.3 Å². The molecule has 1 N–H and O–H groups in total. The SMILES string of the molecule is CCC(C)Nc1ccc(C(=O)N2CCc3cc(OC)c(OC)cc3C2)nc1. The number of amides is 1. The molecule has 0 aliphatic carbocycles. The third kappa shape index (κ3) is 4.15. The Labute approximate surface area is 160 Å². The fraction of sp³-hybridized carbons (Fsp3) is 0.429. The summed E-state index contributed by atoms with van der Waals surface area (Å²) in [6, 6.07) is 8.04. The molecule has 6 nitrogen and oxygen atoms in total. The van der Waals surface area contributed by atoms with Crippen LogP contribution in [0.5, 0.6) is 11.5 Å². The fourth-order valence-corrected chi connectivity index (χ4v) is 3.21. The maximum Gasteiger partial charge on any atom is 0.272 e. The molecule has 1 aromatic carbocycles. The second-order valence-electron chi connectivity index (χ2n) is 6.84. The van der Waals surface area contributed by atoms with Crippen LogP contribution in [0.2, 0.25) is 0 Å². The van der Waals surface area contributed by atoms with E-state index in [-0.39, 0.29) is 5.91 Å². The second-order valence-corrected chi connectivity index (χ2v) is 6.84. The molecular weight excluding hydrogens is 342 g/mol. The number of ether oxygens (including phenoxy) is 2. The van der Waals surface area contributed by atoms with Gasteiger partial charge in [0.05, 0.1) is 26.1 Å². The number of carbonyl (C=O) groups is 1. The summed E-state index contributed by atoms with van der Waals surface area (Å²) in [5.74, 6) is 1.36. The number of methoxy groups -OCH3 is 2. The highest BCUT2D eigenvalue weighted by Crippen LogP contribution is 2.33. The summed E-state index contributed by atoms with van der Waals surface area (Å²) in [4.78, 5) is 19.1. The molecule has 1 amide bonds. The number of nitrogens with zero attached hydrogens (tertiary/aromatic N) is 2. The smallest absolute Gasteiger partial charge is 0.272 e. The fourth-order valence-electron chi connectivity index (χ4n) is 3.21. The monoisotopic (exact) mass is 369 g/mol. The van der Waals surface area contributed by atoms with E-state index in [0.29, 0.717) is 30.6 Å². The van der Waals surface area contributed by atoms with E-state index >= 15 is 0 Å². The van der Waals surface area contributed by atoms with E-state index in [1.165, 1.54) is 5.56 Å². The van der Waals surface area contributed by atoms with Gasteiger partial charge in [0.1, 0.15) is 5.69 Å². The largest absolute Gasteiger partial charge is 0.493 e. The molecule has 144 valence electrons. The van der Waals surface area contributed by atoms with E-state index in [1.807, 2.05) is 23.1 Å². The quantitative estimate of drug-likeness (QED) is 0.844. The molecule has 0 bridgehead atoms. The lowest BCUT2D eigenvalue weighted by Crippen LogP contribution is -2.36. The lowest BCUT2D eigenvalue weighted by Gasteiger charge is -2.29. The van der Waals surface area contributed by atoms with Gasteiger partial charge in [0.25, 0.3) is 5.91 Å². The summed E-state index contributed by atoms with van der Waals surface area (Å²) in [5.41, 5.74) is 3.68. The topological polar surface area (TPSA) is 63.7 Å². The molecule has 1 aliphatic heterocycles. The van der Waals surface area contributed by atoms with Gasteiger partial charge in [0.2, 0.25) is 0 Å². The van der Waals surface area contributed by atoms with E-state index in [2.05, 4.69) is 24.1 Å². The molecule has 27 heavy (non-hydrogen) atoms. The molecule has 1 aromatic heterocycles. The van der Waals surface area contributed by atoms with Crippen LogP contribution in [0.3, 0.4) is 0 Å². The Morgan fingerprint density at radius 1 is 1.22 bits per heavy atom. The van der Waals surface area contributed by atoms with Crippen LogP contribution in [0.4, 0.5) is 5.69 Å². The van der Waals surface area contributed by atoms with Gasteiger partial charge in [-0.2, -0.15) is 0 Å². The molecule has 1 aliphatic rings. The standard InChI is InChI=1S/C21H27N3O3/c1-5-14(2)23-17-6-7-18(22-12-17)21(25)24-9-8-15-10-19(26-3)20(27-4)11-16(15)13-24/h6-7,10-12,14,23H,5,8-9,13H2,1-4H3. The minimum Gasteiger partial charge on any atom is -0.493 e. The van der Waals surface area contributed by atoms with Crippen LogP contribution in [-0.2, 0) is 13.0 Å². The molecule has 6 heteroatoms. The Balaban J connectivity index is 1.73. The first-order chi connectivity index (χ1) is 13.0. The number of fused-ring (bicyclic) bond motifs is 1. The molecule has 0 saturated heterocycles. The summed E-state index contributed by atoms with van der Waals surface area (Å²) in [6.07, 6.45) is 3.54. The van der Waals surface area contributed by atoms with Crippen LogP contribution in [0.25, 0.3) is 0 Å². The normalized spacial score (nSPS) is 14.3. The predicted molar refractivity (Wildman–Crippen MR) is 106 cm³/mol. The third-order valence-corrected chi connectivity index (χ3v) is 5.01. The number of rotatable bonds is 6. The molecule has 2 aromatic rings. The molecule has 0 saturated carbocycles. The zero-order valence-electron chi connectivity index (χ0n) is 16.4. The lowest BCUT2D eigenvalue weighted by molar-refractivity contribution is 0.0728. The second kappa shape index (κ2) is 8.29. The first-order valence-corrected chi connectivity index (χ1v) is 9.31. The van der Waals surface area contributed by atoms with E-state index in [1.54, 1.807) is 26.5 Å². The molecular formula is C21H27N3O3. The zero-order valence-corrected chi connectivity index (χ0v) is 16.4. The first kappa shape index (κ1) is 19.0. The molecule has 3 rings (SSSR count). The summed E-state index contributed by atoms with van der Waals surface area (Å²) in [7, 11) is 3.25. The summed E-state index contributed by atoms with van der Waals surface area (Å²) in [5, 5.41) is 3.36. The van der Waals surface area contributed by atoms with Crippen molar-refractivity contribution in [1.29, 1.82) is 0 Å². The van der Waals surface area contributed by atoms with Gasteiger partial charge in [-0.05, 0) is 55.2 Å². The van der Waals surface area contributed by atoms with Crippen molar-refractivity contribution in [2.75, 3.05) is 26.1 Å². The van der Waals surface area contributed by atoms with Crippen molar-refractivity contribution in [2.45, 2.75) is 39.3 Å². The van der Waals surface area contributed by atoms with Crippen LogP contribution in [0.15, 0.2) is 30.5 Å². The average Bonchev–Trinajstić information content (AvgIpc) is 2.72. The van der Waals surface area contributed by atoms with E-state index < -0.39 is 0 Å². The number of nitrogens with one attached hydrogen (secondary N) is 1. The van der Waals surface area contributed by atoms with Crippen LogP contribution >= 0.6 is 0 Å². The average molecular weight is 369 g/mol. The number of hydrogen-bond acceptors (Lipinski definition) is 5. The minimum atomic E-state index is -0.0504. The first-order valence-electron chi connectivity index (χ1n) is 9.31. The van der Waals surface area contributed by atoms with Crippen LogP contribution in [0.1, 0.15) is 41.9 Å². The van der Waals surface area contributed by atoms with Crippen molar-refractivity contribution in [3.63, 3.8) is 0 Å². The van der Waals surface area contributed by atoms with Gasteiger partial charge < -0.3 is 19.7 Å². The highest BCUT2D eigenvalue weighted by Gasteiger charge is 2.24. The zero-order chi connectivity index (χ0) is 19.4. The van der Waals surface area contributed by atoms with E-state index in [9.17, 15) is 4.79 Å². The number of aromatic nitrogens is 1. The van der Waals surface area contributed by atoms with Gasteiger partial charge >= 0.3 is 0 Å². The Bertz CT molecular complexity index is 805. The van der Waals surface area contributed by atoms with Gasteiger partial charge in [0.15, 0.2) is 11.5 Å². The summed E-state index contributed by atoms with van der Waals surface area (Å²) < 4.78 is 10.8. The highest BCUT2D eigenvalue weighted by molar-refractivity contribution is 5.92. The van der Waals surface area contributed by atoms with Gasteiger partial charge in [-0.15, -0.1) is 0 Å². The molecule has 0 spiro atoms. The van der Waals surface area contributed by atoms with Gasteiger partial charge in [-0.3, -0.25) is 4.79 Å². The molecule has 1 unspecified atom stereocenters. The Morgan fingerprint density at radius 3 is 2.52 bits per heavy atom. The van der Waals surface area contributed by atoms with Crippen molar-refractivity contribution >= 4 is 11.6 Å². The Morgan fingerprint density at radius 2 is 1.93 bits per heavy atom. The summed E-state index contributed by atoms with van der Waals surface area (Å²) in [6.45, 7) is 5.45. The number of carbonyl (C=O) groups excluding carboxylic acids is 1. The van der Waals surface area contributed by atoms with Gasteiger partial charge in [0, 0.05) is 19.1 Å². The van der Waals surface area contributed by atoms with Crippen molar-refractivity contribution in [1.82, 2.24) is 9.88 Å². The Hall–Kier alpha value is -2.76. The van der Waals surface area contributed by atoms with Crippen molar-refractivity contribution in [3.8, 4) is 11.5 Å². The molecule has 0 radical (unpaired) electrons. The highest BCUT2D eigenvalue weighted by atomic mass is 16.5.